The average molecular weight is 244 g/mol. The van der Waals surface area contributed by atoms with E-state index in [9.17, 15) is 4.79 Å². The number of ether oxygens (including phenoxy) is 2. The molecule has 0 radical (unpaired) electrons. The highest BCUT2D eigenvalue weighted by molar-refractivity contribution is 5.76. The first-order valence-corrected chi connectivity index (χ1v) is 5.51. The van der Waals surface area contributed by atoms with E-state index in [1.165, 1.54) is 0 Å². The largest absolute Gasteiger partial charge is 0.493 e. The molecule has 0 heterocycles. The molecule has 0 amide bonds. The van der Waals surface area contributed by atoms with Crippen LogP contribution in [0, 0.1) is 0 Å². The minimum absolute atomic E-state index is 0.218. The van der Waals surface area contributed by atoms with Crippen LogP contribution in [0.2, 0.25) is 0 Å². The van der Waals surface area contributed by atoms with Crippen LogP contribution in [0.5, 0.6) is 11.5 Å². The van der Waals surface area contributed by atoms with Crippen LogP contribution < -0.4 is 9.47 Å². The molecule has 0 spiro atoms. The maximum absolute atomic E-state index is 10.7. The molecule has 0 saturated carbocycles. The molecular formula is C15H14O3. The van der Waals surface area contributed by atoms with E-state index in [1.807, 2.05) is 30.3 Å². The van der Waals surface area contributed by atoms with Gasteiger partial charge in [0.05, 0.1) is 8.46 Å². The Morgan fingerprint density at radius 2 is 2.00 bits per heavy atom. The van der Waals surface area contributed by atoms with E-state index in [1.54, 1.807) is 18.2 Å². The summed E-state index contributed by atoms with van der Waals surface area (Å²) in [4.78, 5) is 10.7. The molecule has 0 unspecified atom stereocenters. The van der Waals surface area contributed by atoms with E-state index in [0.717, 1.165) is 11.8 Å². The summed E-state index contributed by atoms with van der Waals surface area (Å²) in [5.41, 5.74) is 1.54. The fourth-order valence-corrected chi connectivity index (χ4v) is 1.57. The Balaban J connectivity index is 2.12. The Morgan fingerprint density at radius 1 is 1.17 bits per heavy atom. The van der Waals surface area contributed by atoms with Gasteiger partial charge in [-0.05, 0) is 23.8 Å². The highest BCUT2D eigenvalue weighted by Crippen LogP contribution is 2.28. The number of aldehydes is 1. The van der Waals surface area contributed by atoms with Crippen molar-refractivity contribution in [3.8, 4) is 11.5 Å². The molecule has 0 aromatic heterocycles. The van der Waals surface area contributed by atoms with Crippen molar-refractivity contribution in [1.82, 2.24) is 0 Å². The molecule has 3 heteroatoms. The molecule has 0 N–H and O–H groups in total. The quantitative estimate of drug-likeness (QED) is 0.758. The maximum Gasteiger partial charge on any atom is 0.161 e. The Kier molecular flexibility index (Phi) is 3.53. The minimum Gasteiger partial charge on any atom is -0.493 e. The Morgan fingerprint density at radius 3 is 2.72 bits per heavy atom. The Labute approximate surface area is 107 Å². The predicted molar refractivity (Wildman–Crippen MR) is 69.2 cm³/mol. The zero-order valence-electron chi connectivity index (χ0n) is 10.8. The lowest BCUT2D eigenvalue weighted by molar-refractivity contribution is 0.112. The van der Waals surface area contributed by atoms with Crippen molar-refractivity contribution in [3.05, 3.63) is 59.7 Å². The van der Waals surface area contributed by atoms with Crippen molar-refractivity contribution < 1.29 is 15.6 Å². The van der Waals surface area contributed by atoms with Crippen molar-refractivity contribution in [1.29, 1.82) is 0 Å². The van der Waals surface area contributed by atoms with Gasteiger partial charge in [0.25, 0.3) is 0 Å². The van der Waals surface area contributed by atoms with Crippen molar-refractivity contribution in [2.75, 3.05) is 7.09 Å². The first-order valence-electron chi connectivity index (χ1n) is 6.22. The molecule has 0 aliphatic rings. The van der Waals surface area contributed by atoms with Gasteiger partial charge in [-0.3, -0.25) is 4.79 Å². The van der Waals surface area contributed by atoms with E-state index in [-0.39, 0.29) is 7.09 Å². The van der Waals surface area contributed by atoms with Gasteiger partial charge in [-0.1, -0.05) is 30.3 Å². The molecule has 92 valence electrons. The Bertz CT molecular complexity index is 540. The van der Waals surface area contributed by atoms with E-state index < -0.39 is 0 Å². The van der Waals surface area contributed by atoms with Crippen LogP contribution in [0.3, 0.4) is 0 Å². The fraction of sp³-hybridized carbons (Fsp3) is 0.133. The van der Waals surface area contributed by atoms with Crippen LogP contribution in [-0.4, -0.2) is 13.4 Å². The third kappa shape index (κ3) is 2.88. The summed E-state index contributed by atoms with van der Waals surface area (Å²) in [6.45, 7) is 0.412. The van der Waals surface area contributed by atoms with E-state index >= 15 is 0 Å². The van der Waals surface area contributed by atoms with Crippen LogP contribution in [0.25, 0.3) is 0 Å². The second-order valence-electron chi connectivity index (χ2n) is 3.74. The van der Waals surface area contributed by atoms with Crippen LogP contribution in [0.15, 0.2) is 48.5 Å². The molecule has 2 rings (SSSR count). The lowest BCUT2D eigenvalue weighted by Crippen LogP contribution is -1.98. The van der Waals surface area contributed by atoms with Gasteiger partial charge in [-0.25, -0.2) is 0 Å². The number of methoxy groups -OCH3 is 1. The zero-order chi connectivity index (χ0) is 13.5. The number of rotatable bonds is 5. The molecule has 2 aromatic carbocycles. The smallest absolute Gasteiger partial charge is 0.161 e. The van der Waals surface area contributed by atoms with Gasteiger partial charge >= 0.3 is 0 Å². The van der Waals surface area contributed by atoms with E-state index in [4.69, 9.17) is 10.8 Å². The lowest BCUT2D eigenvalue weighted by Gasteiger charge is -2.10. The molecule has 2 aromatic rings. The summed E-state index contributed by atoms with van der Waals surface area (Å²) in [5, 5.41) is 0. The average Bonchev–Trinajstić information content (AvgIpc) is 2.47. The lowest BCUT2D eigenvalue weighted by atomic mass is 10.2. The molecule has 18 heavy (non-hydrogen) atoms. The van der Waals surface area contributed by atoms with Crippen molar-refractivity contribution in [2.45, 2.75) is 6.61 Å². The van der Waals surface area contributed by atoms with Gasteiger partial charge in [0.15, 0.2) is 11.5 Å². The van der Waals surface area contributed by atoms with Gasteiger partial charge in [0.1, 0.15) is 12.9 Å². The molecule has 0 aliphatic carbocycles. The topological polar surface area (TPSA) is 35.5 Å². The molecule has 0 atom stereocenters. The maximum atomic E-state index is 10.7. The van der Waals surface area contributed by atoms with E-state index in [0.29, 0.717) is 23.7 Å². The summed E-state index contributed by atoms with van der Waals surface area (Å²) < 4.78 is 17.9. The molecular weight excluding hydrogens is 228 g/mol. The van der Waals surface area contributed by atoms with Crippen LogP contribution >= 0.6 is 0 Å². The van der Waals surface area contributed by atoms with Gasteiger partial charge in [-0.15, -0.1) is 0 Å². The second-order valence-corrected chi connectivity index (χ2v) is 3.74. The van der Waals surface area contributed by atoms with Crippen molar-refractivity contribution in [3.63, 3.8) is 0 Å². The standard InChI is InChI=1S/C15H14O3/c1-17-15-9-13(10-16)7-8-14(15)18-11-12-5-3-2-4-6-12/h2-10H,11H2,1H3/i1T. The number of carbonyl (C=O) groups excluding carboxylic acids is 1. The number of hydrogen-bond donors (Lipinski definition) is 0. The third-order valence-corrected chi connectivity index (χ3v) is 2.50. The number of benzene rings is 2. The number of hydrogen-bond acceptors (Lipinski definition) is 3. The molecule has 3 nitrogen and oxygen atoms in total. The third-order valence-electron chi connectivity index (χ3n) is 2.50. The number of carbonyl (C=O) groups is 1. The first-order chi connectivity index (χ1) is 9.33. The fourth-order valence-electron chi connectivity index (χ4n) is 1.57. The van der Waals surface area contributed by atoms with Crippen molar-refractivity contribution in [2.24, 2.45) is 0 Å². The molecule has 0 bridgehead atoms. The SMILES string of the molecule is [3H]COc1cc(C=O)ccc1OCc1ccccc1. The van der Waals surface area contributed by atoms with Crippen molar-refractivity contribution >= 4 is 6.29 Å². The molecule has 0 saturated heterocycles. The Hall–Kier alpha value is -2.29. The van der Waals surface area contributed by atoms with Gasteiger partial charge in [-0.2, -0.15) is 0 Å². The van der Waals surface area contributed by atoms with Gasteiger partial charge in [0.2, 0.25) is 0 Å². The second kappa shape index (κ2) is 5.87. The summed E-state index contributed by atoms with van der Waals surface area (Å²) in [7, 11) is -0.218. The van der Waals surface area contributed by atoms with Gasteiger partial charge < -0.3 is 9.47 Å². The monoisotopic (exact) mass is 244 g/mol. The predicted octanol–water partition coefficient (Wildman–Crippen LogP) is 3.09. The summed E-state index contributed by atoms with van der Waals surface area (Å²) >= 11 is 0. The van der Waals surface area contributed by atoms with Crippen LogP contribution in [0.4, 0.5) is 0 Å². The normalized spacial score (nSPS) is 10.6. The van der Waals surface area contributed by atoms with E-state index in [2.05, 4.69) is 0 Å². The molecule has 0 fully saturated rings. The van der Waals surface area contributed by atoms with Crippen LogP contribution in [0.1, 0.15) is 17.3 Å². The highest BCUT2D eigenvalue weighted by atomic mass is 16.5. The zero-order valence-corrected chi connectivity index (χ0v) is 9.84. The first kappa shape index (κ1) is 10.8. The summed E-state index contributed by atoms with van der Waals surface area (Å²) in [6.07, 6.45) is 0.734. The summed E-state index contributed by atoms with van der Waals surface area (Å²) in [6, 6.07) is 14.7. The van der Waals surface area contributed by atoms with Crippen LogP contribution in [-0.2, 0) is 6.61 Å². The molecule has 0 aliphatic heterocycles. The minimum atomic E-state index is -0.218. The summed E-state index contributed by atoms with van der Waals surface area (Å²) in [5.74, 6) is 0.942. The highest BCUT2D eigenvalue weighted by Gasteiger charge is 2.05. The van der Waals surface area contributed by atoms with Gasteiger partial charge in [0, 0.05) is 5.56 Å².